The summed E-state index contributed by atoms with van der Waals surface area (Å²) in [4.78, 5) is 36.9. The first-order valence-electron chi connectivity index (χ1n) is 9.38. The predicted molar refractivity (Wildman–Crippen MR) is 112 cm³/mol. The number of hydrogen-bond acceptors (Lipinski definition) is 6. The zero-order valence-corrected chi connectivity index (χ0v) is 16.7. The molecule has 2 aromatic carbocycles. The number of rotatable bonds is 6. The summed E-state index contributed by atoms with van der Waals surface area (Å²) in [5.41, 5.74) is 2.64. The molecular weight excluding hydrogens is 386 g/mol. The standard InChI is InChI=1S/C21H21N5O4/c1-29-15-4-6-19(30-2)18(12-15)26-10-9-25(21(26)28)13-20(27)24-14-3-5-16-17(11-14)23-8-7-22-16/h3-8,11-12H,9-10,13H2,1-2H3,(H,24,27). The summed E-state index contributed by atoms with van der Waals surface area (Å²) < 4.78 is 10.6. The first-order chi connectivity index (χ1) is 14.6. The first-order valence-corrected chi connectivity index (χ1v) is 9.38. The summed E-state index contributed by atoms with van der Waals surface area (Å²) in [6.07, 6.45) is 3.21. The lowest BCUT2D eigenvalue weighted by Gasteiger charge is -2.21. The maximum Gasteiger partial charge on any atom is 0.325 e. The van der Waals surface area contributed by atoms with Crippen LogP contribution in [-0.2, 0) is 4.79 Å². The number of methoxy groups -OCH3 is 2. The smallest absolute Gasteiger partial charge is 0.325 e. The second-order valence-electron chi connectivity index (χ2n) is 6.70. The molecule has 1 aliphatic heterocycles. The van der Waals surface area contributed by atoms with E-state index in [0.29, 0.717) is 41.5 Å². The number of aromatic nitrogens is 2. The van der Waals surface area contributed by atoms with E-state index >= 15 is 0 Å². The highest BCUT2D eigenvalue weighted by Crippen LogP contribution is 2.34. The fourth-order valence-corrected chi connectivity index (χ4v) is 3.38. The molecule has 0 aliphatic carbocycles. The van der Waals surface area contributed by atoms with Crippen LogP contribution in [0.15, 0.2) is 48.8 Å². The molecule has 1 N–H and O–H groups in total. The van der Waals surface area contributed by atoms with Crippen molar-refractivity contribution in [2.45, 2.75) is 0 Å². The Bertz CT molecular complexity index is 1100. The number of urea groups is 1. The molecule has 0 unspecified atom stereocenters. The molecule has 1 fully saturated rings. The van der Waals surface area contributed by atoms with Gasteiger partial charge in [0.05, 0.1) is 30.9 Å². The van der Waals surface area contributed by atoms with Gasteiger partial charge in [-0.2, -0.15) is 0 Å². The van der Waals surface area contributed by atoms with Crippen LogP contribution in [0, 0.1) is 0 Å². The molecule has 3 amide bonds. The number of carbonyl (C=O) groups excluding carboxylic acids is 2. The summed E-state index contributed by atoms with van der Waals surface area (Å²) in [5.74, 6) is 0.896. The van der Waals surface area contributed by atoms with Crippen molar-refractivity contribution in [1.29, 1.82) is 0 Å². The van der Waals surface area contributed by atoms with E-state index in [9.17, 15) is 9.59 Å². The number of ether oxygens (including phenoxy) is 2. The Kier molecular flexibility index (Phi) is 5.34. The highest BCUT2D eigenvalue weighted by Gasteiger charge is 2.32. The molecule has 154 valence electrons. The molecule has 30 heavy (non-hydrogen) atoms. The molecule has 1 aliphatic rings. The largest absolute Gasteiger partial charge is 0.497 e. The average Bonchev–Trinajstić information content (AvgIpc) is 3.12. The SMILES string of the molecule is COc1ccc(OC)c(N2CCN(CC(=O)Nc3ccc4nccnc4c3)C2=O)c1. The lowest BCUT2D eigenvalue weighted by molar-refractivity contribution is -0.116. The van der Waals surface area contributed by atoms with Crippen molar-refractivity contribution < 1.29 is 19.1 Å². The van der Waals surface area contributed by atoms with E-state index < -0.39 is 0 Å². The second-order valence-corrected chi connectivity index (χ2v) is 6.70. The molecule has 0 atom stereocenters. The van der Waals surface area contributed by atoms with E-state index in [1.54, 1.807) is 67.9 Å². The molecule has 0 radical (unpaired) electrons. The Labute approximate surface area is 173 Å². The van der Waals surface area contributed by atoms with Gasteiger partial charge in [0, 0.05) is 37.2 Å². The minimum Gasteiger partial charge on any atom is -0.497 e. The van der Waals surface area contributed by atoms with Crippen molar-refractivity contribution in [2.75, 3.05) is 44.1 Å². The topological polar surface area (TPSA) is 96.9 Å². The van der Waals surface area contributed by atoms with Crippen molar-refractivity contribution in [3.8, 4) is 11.5 Å². The lowest BCUT2D eigenvalue weighted by Crippen LogP contribution is -2.37. The number of amides is 3. The van der Waals surface area contributed by atoms with Crippen molar-refractivity contribution in [3.05, 3.63) is 48.8 Å². The van der Waals surface area contributed by atoms with Crippen LogP contribution in [-0.4, -0.2) is 60.7 Å². The first kappa shape index (κ1) is 19.4. The Morgan fingerprint density at radius 3 is 2.60 bits per heavy atom. The molecule has 9 heteroatoms. The number of nitrogens with zero attached hydrogens (tertiary/aromatic N) is 4. The minimum absolute atomic E-state index is 0.0554. The van der Waals surface area contributed by atoms with Crippen LogP contribution < -0.4 is 19.7 Å². The van der Waals surface area contributed by atoms with Gasteiger partial charge in [0.25, 0.3) is 0 Å². The van der Waals surface area contributed by atoms with Crippen LogP contribution in [0.3, 0.4) is 0 Å². The van der Waals surface area contributed by atoms with Gasteiger partial charge in [-0.15, -0.1) is 0 Å². The van der Waals surface area contributed by atoms with Gasteiger partial charge >= 0.3 is 6.03 Å². The number of fused-ring (bicyclic) bond motifs is 1. The van der Waals surface area contributed by atoms with Crippen LogP contribution in [0.25, 0.3) is 11.0 Å². The Balaban J connectivity index is 1.44. The Morgan fingerprint density at radius 1 is 1.03 bits per heavy atom. The van der Waals surface area contributed by atoms with Gasteiger partial charge in [0.2, 0.25) is 5.91 Å². The van der Waals surface area contributed by atoms with E-state index in [-0.39, 0.29) is 18.5 Å². The van der Waals surface area contributed by atoms with E-state index in [1.165, 1.54) is 4.90 Å². The van der Waals surface area contributed by atoms with E-state index in [0.717, 1.165) is 5.52 Å². The van der Waals surface area contributed by atoms with Gasteiger partial charge < -0.3 is 19.7 Å². The Morgan fingerprint density at radius 2 is 1.83 bits per heavy atom. The lowest BCUT2D eigenvalue weighted by atomic mass is 10.2. The second kappa shape index (κ2) is 8.24. The fraction of sp³-hybridized carbons (Fsp3) is 0.238. The molecule has 0 saturated carbocycles. The quantitative estimate of drug-likeness (QED) is 0.675. The van der Waals surface area contributed by atoms with E-state index in [2.05, 4.69) is 15.3 Å². The molecule has 0 bridgehead atoms. The highest BCUT2D eigenvalue weighted by atomic mass is 16.5. The number of nitrogens with one attached hydrogen (secondary N) is 1. The number of carbonyl (C=O) groups is 2. The van der Waals surface area contributed by atoms with Gasteiger partial charge in [-0.05, 0) is 30.3 Å². The van der Waals surface area contributed by atoms with Gasteiger partial charge in [-0.1, -0.05) is 0 Å². The fourth-order valence-electron chi connectivity index (χ4n) is 3.38. The maximum absolute atomic E-state index is 12.9. The van der Waals surface area contributed by atoms with Crippen LogP contribution in [0.1, 0.15) is 0 Å². The zero-order chi connectivity index (χ0) is 21.1. The number of anilines is 2. The van der Waals surface area contributed by atoms with E-state index in [1.807, 2.05) is 0 Å². The van der Waals surface area contributed by atoms with Crippen LogP contribution in [0.2, 0.25) is 0 Å². The normalized spacial score (nSPS) is 13.6. The monoisotopic (exact) mass is 407 g/mol. The van der Waals surface area contributed by atoms with E-state index in [4.69, 9.17) is 9.47 Å². The maximum atomic E-state index is 12.9. The molecule has 4 rings (SSSR count). The zero-order valence-electron chi connectivity index (χ0n) is 16.7. The predicted octanol–water partition coefficient (Wildman–Crippen LogP) is 2.53. The molecule has 1 saturated heterocycles. The third kappa shape index (κ3) is 3.82. The van der Waals surface area contributed by atoms with Gasteiger partial charge in [0.15, 0.2) is 0 Å². The third-order valence-electron chi connectivity index (χ3n) is 4.86. The number of hydrogen-bond donors (Lipinski definition) is 1. The summed E-state index contributed by atoms with van der Waals surface area (Å²) in [6, 6.07) is 10.3. The minimum atomic E-state index is -0.286. The van der Waals surface area contributed by atoms with Gasteiger partial charge in [-0.25, -0.2) is 4.79 Å². The van der Waals surface area contributed by atoms with Gasteiger partial charge in [0.1, 0.15) is 18.0 Å². The molecule has 9 nitrogen and oxygen atoms in total. The summed E-state index contributed by atoms with van der Waals surface area (Å²) in [7, 11) is 3.11. The average molecular weight is 407 g/mol. The van der Waals surface area contributed by atoms with Crippen molar-refractivity contribution >= 4 is 34.3 Å². The van der Waals surface area contributed by atoms with Crippen LogP contribution >= 0.6 is 0 Å². The molecule has 1 aromatic heterocycles. The van der Waals surface area contributed by atoms with Crippen LogP contribution in [0.4, 0.5) is 16.2 Å². The van der Waals surface area contributed by atoms with Crippen molar-refractivity contribution in [2.24, 2.45) is 0 Å². The van der Waals surface area contributed by atoms with Gasteiger partial charge in [-0.3, -0.25) is 19.7 Å². The third-order valence-corrected chi connectivity index (χ3v) is 4.86. The van der Waals surface area contributed by atoms with Crippen LogP contribution in [0.5, 0.6) is 11.5 Å². The Hall–Kier alpha value is -3.88. The summed E-state index contributed by atoms with van der Waals surface area (Å²) in [5, 5.41) is 2.81. The summed E-state index contributed by atoms with van der Waals surface area (Å²) in [6.45, 7) is 0.817. The van der Waals surface area contributed by atoms with Crippen molar-refractivity contribution in [1.82, 2.24) is 14.9 Å². The molecular formula is C21H21N5O4. The summed E-state index contributed by atoms with van der Waals surface area (Å²) >= 11 is 0. The number of benzene rings is 2. The highest BCUT2D eigenvalue weighted by molar-refractivity contribution is 6.00. The van der Waals surface area contributed by atoms with Crippen molar-refractivity contribution in [3.63, 3.8) is 0 Å². The molecule has 0 spiro atoms. The molecule has 2 heterocycles. The molecule has 3 aromatic rings.